The Balaban J connectivity index is 2.23. The number of halogens is 3. The van der Waals surface area contributed by atoms with Gasteiger partial charge in [-0.25, -0.2) is 0 Å². The van der Waals surface area contributed by atoms with Crippen LogP contribution in [0.3, 0.4) is 0 Å². The van der Waals surface area contributed by atoms with Gasteiger partial charge in [-0.2, -0.15) is 0 Å². The van der Waals surface area contributed by atoms with Crippen LogP contribution in [0.4, 0.5) is 0 Å². The lowest BCUT2D eigenvalue weighted by Gasteiger charge is -2.08. The minimum absolute atomic E-state index is 0.246. The monoisotopic (exact) mass is 299 g/mol. The number of rotatable bonds is 2. The van der Waals surface area contributed by atoms with E-state index < -0.39 is 3.79 Å². The molecule has 1 aromatic carbocycles. The van der Waals surface area contributed by atoms with Gasteiger partial charge in [0.15, 0.2) is 0 Å². The Hall–Kier alpha value is -1.16. The molecular formula is C12H8Cl3N3. The maximum atomic E-state index is 5.72. The lowest BCUT2D eigenvalue weighted by molar-refractivity contribution is 0.813. The second kappa shape index (κ2) is 5.65. The molecule has 0 N–H and O–H groups in total. The van der Waals surface area contributed by atoms with Crippen LogP contribution in [0.25, 0.3) is 12.2 Å². The van der Waals surface area contributed by atoms with E-state index in [2.05, 4.69) is 15.4 Å². The summed E-state index contributed by atoms with van der Waals surface area (Å²) in [4.78, 5) is 0. The topological polar surface area (TPSA) is 38.7 Å². The lowest BCUT2D eigenvalue weighted by atomic mass is 10.2. The molecule has 0 aliphatic rings. The van der Waals surface area contributed by atoms with Crippen molar-refractivity contribution in [2.24, 2.45) is 0 Å². The van der Waals surface area contributed by atoms with E-state index >= 15 is 0 Å². The summed E-state index contributed by atoms with van der Waals surface area (Å²) < 4.78 is -1.59. The van der Waals surface area contributed by atoms with Crippen LogP contribution in [-0.4, -0.2) is 15.4 Å². The van der Waals surface area contributed by atoms with Gasteiger partial charge in [0.2, 0.25) is 3.79 Å². The fraction of sp³-hybridized carbons (Fsp3) is 0.0833. The molecule has 3 nitrogen and oxygen atoms in total. The minimum Gasteiger partial charge on any atom is -0.131 e. The Morgan fingerprint density at radius 2 is 1.67 bits per heavy atom. The first-order chi connectivity index (χ1) is 8.55. The van der Waals surface area contributed by atoms with E-state index in [-0.39, 0.29) is 5.69 Å². The van der Waals surface area contributed by atoms with Crippen molar-refractivity contribution in [2.75, 3.05) is 0 Å². The van der Waals surface area contributed by atoms with Gasteiger partial charge >= 0.3 is 0 Å². The predicted molar refractivity (Wildman–Crippen MR) is 74.4 cm³/mol. The molecule has 92 valence electrons. The summed E-state index contributed by atoms with van der Waals surface area (Å²) in [6, 6.07) is 11.4. The zero-order chi connectivity index (χ0) is 13.0. The van der Waals surface area contributed by atoms with Crippen molar-refractivity contribution in [2.45, 2.75) is 3.79 Å². The van der Waals surface area contributed by atoms with Gasteiger partial charge in [-0.1, -0.05) is 71.2 Å². The summed E-state index contributed by atoms with van der Waals surface area (Å²) in [5, 5.41) is 11.1. The van der Waals surface area contributed by atoms with Gasteiger partial charge in [0.25, 0.3) is 0 Å². The number of hydrogen-bond acceptors (Lipinski definition) is 3. The van der Waals surface area contributed by atoms with Crippen molar-refractivity contribution in [1.29, 1.82) is 0 Å². The van der Waals surface area contributed by atoms with Crippen molar-refractivity contribution >= 4 is 47.0 Å². The van der Waals surface area contributed by atoms with Crippen LogP contribution >= 0.6 is 34.8 Å². The summed E-state index contributed by atoms with van der Waals surface area (Å²) in [7, 11) is 0. The fourth-order valence-electron chi connectivity index (χ4n) is 1.29. The molecular weight excluding hydrogens is 293 g/mol. The summed E-state index contributed by atoms with van der Waals surface area (Å²) in [5.41, 5.74) is 1.87. The minimum atomic E-state index is -1.59. The number of hydrogen-bond donors (Lipinski definition) is 0. The third-order valence-corrected chi connectivity index (χ3v) is 2.71. The molecule has 0 bridgehead atoms. The van der Waals surface area contributed by atoms with Crippen LogP contribution in [0.2, 0.25) is 0 Å². The van der Waals surface area contributed by atoms with Crippen LogP contribution in [0.1, 0.15) is 17.0 Å². The Morgan fingerprint density at radius 1 is 0.944 bits per heavy atom. The first-order valence-electron chi connectivity index (χ1n) is 5.06. The molecule has 0 unspecified atom stereocenters. The highest BCUT2D eigenvalue weighted by Gasteiger charge is 2.25. The second-order valence-corrected chi connectivity index (χ2v) is 5.77. The lowest BCUT2D eigenvalue weighted by Crippen LogP contribution is -2.06. The highest BCUT2D eigenvalue weighted by Crippen LogP contribution is 2.36. The van der Waals surface area contributed by atoms with Gasteiger partial charge in [0.1, 0.15) is 5.69 Å². The number of benzene rings is 1. The normalized spacial score (nSPS) is 11.9. The Labute approximate surface area is 119 Å². The van der Waals surface area contributed by atoms with Crippen LogP contribution in [-0.2, 0) is 3.79 Å². The van der Waals surface area contributed by atoms with E-state index in [1.54, 1.807) is 12.1 Å². The van der Waals surface area contributed by atoms with Crippen molar-refractivity contribution in [3.05, 3.63) is 53.3 Å². The van der Waals surface area contributed by atoms with Crippen molar-refractivity contribution in [1.82, 2.24) is 15.4 Å². The molecule has 2 rings (SSSR count). The Kier molecular flexibility index (Phi) is 4.17. The van der Waals surface area contributed by atoms with Gasteiger partial charge in [0, 0.05) is 0 Å². The predicted octanol–water partition coefficient (Wildman–Crippen LogP) is 3.87. The molecule has 18 heavy (non-hydrogen) atoms. The number of nitrogens with zero attached hydrogens (tertiary/aromatic N) is 3. The van der Waals surface area contributed by atoms with Gasteiger partial charge in [-0.05, 0) is 22.9 Å². The quantitative estimate of drug-likeness (QED) is 0.790. The third-order valence-electron chi connectivity index (χ3n) is 2.13. The van der Waals surface area contributed by atoms with Crippen LogP contribution in [0.15, 0.2) is 36.4 Å². The maximum absolute atomic E-state index is 5.72. The van der Waals surface area contributed by atoms with E-state index in [1.165, 1.54) is 0 Å². The van der Waals surface area contributed by atoms with E-state index in [9.17, 15) is 0 Å². The first kappa shape index (κ1) is 13.3. The van der Waals surface area contributed by atoms with E-state index in [0.29, 0.717) is 5.69 Å². The van der Waals surface area contributed by atoms with Gasteiger partial charge in [0.05, 0.1) is 5.69 Å². The molecule has 0 radical (unpaired) electrons. The average Bonchev–Trinajstić information content (AvgIpc) is 2.37. The first-order valence-corrected chi connectivity index (χ1v) is 6.20. The van der Waals surface area contributed by atoms with Crippen molar-refractivity contribution in [3.8, 4) is 0 Å². The molecule has 0 amide bonds. The van der Waals surface area contributed by atoms with E-state index in [1.807, 2.05) is 36.4 Å². The highest BCUT2D eigenvalue weighted by molar-refractivity contribution is 6.66. The van der Waals surface area contributed by atoms with E-state index in [4.69, 9.17) is 34.8 Å². The molecule has 0 aliphatic carbocycles. The summed E-state index contributed by atoms with van der Waals surface area (Å²) in [6.45, 7) is 0. The molecule has 0 saturated heterocycles. The summed E-state index contributed by atoms with van der Waals surface area (Å²) >= 11 is 17.2. The number of alkyl halides is 3. The van der Waals surface area contributed by atoms with Crippen LogP contribution < -0.4 is 0 Å². The Morgan fingerprint density at radius 3 is 2.33 bits per heavy atom. The zero-order valence-electron chi connectivity index (χ0n) is 9.09. The fourth-order valence-corrected chi connectivity index (χ4v) is 1.56. The summed E-state index contributed by atoms with van der Waals surface area (Å²) in [5.74, 6) is 0. The zero-order valence-corrected chi connectivity index (χ0v) is 11.4. The third kappa shape index (κ3) is 3.67. The molecule has 0 fully saturated rings. The summed E-state index contributed by atoms with van der Waals surface area (Å²) in [6.07, 6.45) is 3.68. The smallest absolute Gasteiger partial charge is 0.131 e. The van der Waals surface area contributed by atoms with Crippen LogP contribution in [0, 0.1) is 0 Å². The molecule has 0 aliphatic heterocycles. The van der Waals surface area contributed by atoms with E-state index in [0.717, 1.165) is 5.56 Å². The number of aromatic nitrogens is 3. The standard InChI is InChI=1S/C12H8Cl3N3/c13-12(14,15)11-8-10(16-18-17-11)7-6-9-4-2-1-3-5-9/h1-8H. The van der Waals surface area contributed by atoms with Gasteiger partial charge < -0.3 is 0 Å². The molecule has 0 saturated carbocycles. The van der Waals surface area contributed by atoms with Crippen molar-refractivity contribution < 1.29 is 0 Å². The SMILES string of the molecule is ClC(Cl)(Cl)c1cc(C=Cc2ccccc2)nnn1. The van der Waals surface area contributed by atoms with Gasteiger partial charge in [-0.3, -0.25) is 0 Å². The molecule has 0 atom stereocenters. The molecule has 0 spiro atoms. The average molecular weight is 301 g/mol. The molecule has 1 aromatic heterocycles. The van der Waals surface area contributed by atoms with Crippen molar-refractivity contribution in [3.63, 3.8) is 0 Å². The molecule has 2 aromatic rings. The second-order valence-electron chi connectivity index (χ2n) is 3.49. The molecule has 6 heteroatoms. The van der Waals surface area contributed by atoms with Gasteiger partial charge in [-0.15, -0.1) is 10.2 Å². The van der Waals surface area contributed by atoms with Crippen LogP contribution in [0.5, 0.6) is 0 Å². The molecule has 1 heterocycles. The largest absolute Gasteiger partial charge is 0.234 e. The maximum Gasteiger partial charge on any atom is 0.234 e. The highest BCUT2D eigenvalue weighted by atomic mass is 35.6. The Bertz CT molecular complexity index is 550.